The Hall–Kier alpha value is -2.88. The van der Waals surface area contributed by atoms with E-state index in [-0.39, 0.29) is 33.5 Å². The van der Waals surface area contributed by atoms with Crippen LogP contribution in [0.1, 0.15) is 32.4 Å². The van der Waals surface area contributed by atoms with Crippen LogP contribution in [0.5, 0.6) is 5.75 Å². The maximum atomic E-state index is 12.6. The van der Waals surface area contributed by atoms with Gasteiger partial charge < -0.3 is 15.7 Å². The SMILES string of the molecule is CN(C)S(=O)(=O)c1c(Cl)ccc(Nc2c(NC(c3ccccc3)C(C)(C)C)c(=O)c2=O)c1O. The summed E-state index contributed by atoms with van der Waals surface area (Å²) < 4.78 is 26.1. The maximum Gasteiger partial charge on any atom is 0.253 e. The molecule has 0 aliphatic carbocycles. The molecule has 3 N–H and O–H groups in total. The van der Waals surface area contributed by atoms with Crippen LogP contribution in [-0.2, 0) is 10.0 Å². The summed E-state index contributed by atoms with van der Waals surface area (Å²) in [6.45, 7) is 6.00. The molecule has 3 aromatic rings. The first-order chi connectivity index (χ1) is 15.3. The van der Waals surface area contributed by atoms with Gasteiger partial charge in [0.25, 0.3) is 10.9 Å². The number of hydrogen-bond acceptors (Lipinski definition) is 7. The van der Waals surface area contributed by atoms with Gasteiger partial charge in [-0.05, 0) is 23.1 Å². The fourth-order valence-electron chi connectivity index (χ4n) is 3.45. The molecule has 3 rings (SSSR count). The number of anilines is 3. The lowest BCUT2D eigenvalue weighted by Gasteiger charge is -2.33. The van der Waals surface area contributed by atoms with Gasteiger partial charge in [0.15, 0.2) is 5.75 Å². The van der Waals surface area contributed by atoms with E-state index in [0.717, 1.165) is 9.87 Å². The molecule has 8 nitrogen and oxygen atoms in total. The molecule has 0 saturated heterocycles. The summed E-state index contributed by atoms with van der Waals surface area (Å²) in [5, 5.41) is 16.4. The predicted octanol–water partition coefficient (Wildman–Crippen LogP) is 3.83. The van der Waals surface area contributed by atoms with Crippen molar-refractivity contribution in [2.24, 2.45) is 5.41 Å². The van der Waals surface area contributed by atoms with Crippen molar-refractivity contribution in [2.75, 3.05) is 24.7 Å². The van der Waals surface area contributed by atoms with E-state index in [4.69, 9.17) is 11.6 Å². The number of phenols is 1. The van der Waals surface area contributed by atoms with Crippen molar-refractivity contribution in [1.82, 2.24) is 4.31 Å². The standard InChI is InChI=1S/C23H26ClN3O5S/c1-23(2,3)22(13-9-7-6-8-10-13)26-17-16(19(29)20(17)30)25-15-12-11-14(24)21(18(15)28)33(31,32)27(4)5/h6-12,22,25-26,28H,1-5H3. The van der Waals surface area contributed by atoms with Gasteiger partial charge in [0.1, 0.15) is 16.3 Å². The highest BCUT2D eigenvalue weighted by Gasteiger charge is 2.32. The minimum Gasteiger partial charge on any atom is -0.504 e. The molecule has 0 radical (unpaired) electrons. The molecule has 0 amide bonds. The lowest BCUT2D eigenvalue weighted by Crippen LogP contribution is -2.39. The summed E-state index contributed by atoms with van der Waals surface area (Å²) in [6, 6.07) is 11.8. The summed E-state index contributed by atoms with van der Waals surface area (Å²) >= 11 is 6.04. The second-order valence-corrected chi connectivity index (χ2v) is 11.4. The molecule has 33 heavy (non-hydrogen) atoms. The van der Waals surface area contributed by atoms with Gasteiger partial charge in [-0.2, -0.15) is 0 Å². The third kappa shape index (κ3) is 4.62. The lowest BCUT2D eigenvalue weighted by atomic mass is 9.82. The maximum absolute atomic E-state index is 12.6. The predicted molar refractivity (Wildman–Crippen MR) is 131 cm³/mol. The summed E-state index contributed by atoms with van der Waals surface area (Å²) in [6.07, 6.45) is 0. The van der Waals surface area contributed by atoms with E-state index in [0.29, 0.717) is 0 Å². The van der Waals surface area contributed by atoms with Gasteiger partial charge in [-0.1, -0.05) is 62.7 Å². The van der Waals surface area contributed by atoms with E-state index in [1.54, 1.807) is 0 Å². The number of phenolic OH excluding ortho intramolecular Hbond substituents is 1. The van der Waals surface area contributed by atoms with Crippen LogP contribution in [0.25, 0.3) is 0 Å². The summed E-state index contributed by atoms with van der Waals surface area (Å²) in [5.74, 6) is -0.648. The first-order valence-electron chi connectivity index (χ1n) is 10.1. The molecule has 1 atom stereocenters. The highest BCUT2D eigenvalue weighted by atomic mass is 35.5. The lowest BCUT2D eigenvalue weighted by molar-refractivity contribution is 0.347. The first kappa shape index (κ1) is 24.8. The van der Waals surface area contributed by atoms with Gasteiger partial charge in [-0.15, -0.1) is 0 Å². The molecule has 176 valence electrons. The Balaban J connectivity index is 2.03. The molecular formula is C23H26ClN3O5S. The van der Waals surface area contributed by atoms with Crippen LogP contribution in [0.4, 0.5) is 17.1 Å². The minimum atomic E-state index is -4.07. The van der Waals surface area contributed by atoms with E-state index in [9.17, 15) is 23.1 Å². The second kappa shape index (κ2) is 8.81. The fraction of sp³-hybridized carbons (Fsp3) is 0.304. The van der Waals surface area contributed by atoms with Crippen molar-refractivity contribution in [1.29, 1.82) is 0 Å². The Kier molecular flexibility index (Phi) is 6.61. The molecule has 1 unspecified atom stereocenters. The highest BCUT2D eigenvalue weighted by molar-refractivity contribution is 7.89. The van der Waals surface area contributed by atoms with Crippen LogP contribution >= 0.6 is 11.6 Å². The largest absolute Gasteiger partial charge is 0.504 e. The van der Waals surface area contributed by atoms with Gasteiger partial charge in [0.05, 0.1) is 16.8 Å². The molecule has 10 heteroatoms. The Morgan fingerprint density at radius 3 is 2.09 bits per heavy atom. The minimum absolute atomic E-state index is 0.0593. The number of nitrogens with one attached hydrogen (secondary N) is 2. The molecule has 0 heterocycles. The van der Waals surface area contributed by atoms with Crippen LogP contribution < -0.4 is 21.5 Å². The van der Waals surface area contributed by atoms with Gasteiger partial charge in [0.2, 0.25) is 10.0 Å². The first-order valence-corrected chi connectivity index (χ1v) is 11.9. The number of nitrogens with zero attached hydrogens (tertiary/aromatic N) is 1. The second-order valence-electron chi connectivity index (χ2n) is 8.95. The van der Waals surface area contributed by atoms with Crippen LogP contribution in [0.2, 0.25) is 5.02 Å². The average Bonchev–Trinajstić information content (AvgIpc) is 2.73. The average molecular weight is 492 g/mol. The number of sulfonamides is 1. The van der Waals surface area contributed by atoms with E-state index < -0.39 is 31.5 Å². The molecule has 0 saturated carbocycles. The molecule has 0 aliphatic heterocycles. The topological polar surface area (TPSA) is 116 Å². The van der Waals surface area contributed by atoms with Crippen molar-refractivity contribution < 1.29 is 13.5 Å². The van der Waals surface area contributed by atoms with Crippen molar-refractivity contribution in [3.8, 4) is 5.75 Å². The molecular weight excluding hydrogens is 466 g/mol. The summed E-state index contributed by atoms with van der Waals surface area (Å²) in [4.78, 5) is 24.3. The van der Waals surface area contributed by atoms with Crippen LogP contribution in [0.15, 0.2) is 56.9 Å². The van der Waals surface area contributed by atoms with Crippen molar-refractivity contribution in [3.05, 3.63) is 73.5 Å². The Bertz CT molecular complexity index is 1360. The van der Waals surface area contributed by atoms with E-state index in [1.807, 2.05) is 51.1 Å². The molecule has 0 aromatic heterocycles. The smallest absolute Gasteiger partial charge is 0.253 e. The van der Waals surface area contributed by atoms with Crippen LogP contribution in [0, 0.1) is 5.41 Å². The zero-order valence-electron chi connectivity index (χ0n) is 18.9. The van der Waals surface area contributed by atoms with E-state index >= 15 is 0 Å². The number of hydrogen-bond donors (Lipinski definition) is 3. The number of benzene rings is 2. The normalized spacial score (nSPS) is 13.3. The Morgan fingerprint density at radius 2 is 1.55 bits per heavy atom. The monoisotopic (exact) mass is 491 g/mol. The van der Waals surface area contributed by atoms with Crippen LogP contribution in [0.3, 0.4) is 0 Å². The van der Waals surface area contributed by atoms with Crippen molar-refractivity contribution in [3.63, 3.8) is 0 Å². The quantitative estimate of drug-likeness (QED) is 0.339. The molecule has 0 fully saturated rings. The number of aromatic hydroxyl groups is 1. The summed E-state index contributed by atoms with van der Waals surface area (Å²) in [7, 11) is -1.46. The van der Waals surface area contributed by atoms with Gasteiger partial charge in [-0.3, -0.25) is 9.59 Å². The zero-order chi connectivity index (χ0) is 24.7. The third-order valence-corrected chi connectivity index (χ3v) is 7.60. The van der Waals surface area contributed by atoms with Crippen LogP contribution in [-0.4, -0.2) is 31.9 Å². The Morgan fingerprint density at radius 1 is 0.970 bits per heavy atom. The number of rotatable bonds is 7. The van der Waals surface area contributed by atoms with Crippen molar-refractivity contribution in [2.45, 2.75) is 31.7 Å². The number of halogens is 1. The summed E-state index contributed by atoms with van der Waals surface area (Å²) in [5.41, 5.74) is -0.916. The fourth-order valence-corrected chi connectivity index (χ4v) is 4.93. The molecule has 0 bridgehead atoms. The zero-order valence-corrected chi connectivity index (χ0v) is 20.5. The van der Waals surface area contributed by atoms with E-state index in [2.05, 4.69) is 10.6 Å². The highest BCUT2D eigenvalue weighted by Crippen LogP contribution is 2.41. The van der Waals surface area contributed by atoms with E-state index in [1.165, 1.54) is 26.2 Å². The van der Waals surface area contributed by atoms with Gasteiger partial charge in [0, 0.05) is 14.1 Å². The van der Waals surface area contributed by atoms with Crippen molar-refractivity contribution >= 4 is 38.7 Å². The molecule has 3 aromatic carbocycles. The Labute approximate surface area is 197 Å². The van der Waals surface area contributed by atoms with Gasteiger partial charge in [-0.25, -0.2) is 12.7 Å². The molecule has 0 spiro atoms. The van der Waals surface area contributed by atoms with Gasteiger partial charge >= 0.3 is 0 Å². The third-order valence-electron chi connectivity index (χ3n) is 5.28. The molecule has 0 aliphatic rings.